The van der Waals surface area contributed by atoms with Crippen LogP contribution in [0.15, 0.2) is 49.1 Å². The summed E-state index contributed by atoms with van der Waals surface area (Å²) in [6.45, 7) is 3.78. The lowest BCUT2D eigenvalue weighted by Gasteiger charge is -2.26. The van der Waals surface area contributed by atoms with Crippen molar-refractivity contribution in [1.82, 2.24) is 0 Å². The van der Waals surface area contributed by atoms with E-state index < -0.39 is 12.2 Å². The predicted octanol–water partition coefficient (Wildman–Crippen LogP) is 4.50. The first-order valence-corrected chi connectivity index (χ1v) is 4.63. The van der Waals surface area contributed by atoms with Crippen molar-refractivity contribution in [2.45, 2.75) is 12.3 Å². The topological polar surface area (TPSA) is 0 Å². The van der Waals surface area contributed by atoms with Crippen LogP contribution in [0.5, 0.6) is 0 Å². The van der Waals surface area contributed by atoms with Gasteiger partial charge in [-0.2, -0.15) is 17.6 Å². The summed E-state index contributed by atoms with van der Waals surface area (Å²) in [7, 11) is 0. The Morgan fingerprint density at radius 2 is 1.69 bits per heavy atom. The number of halogens is 4. The van der Waals surface area contributed by atoms with E-state index in [1.54, 1.807) is 0 Å². The molecule has 0 radical (unpaired) electrons. The van der Waals surface area contributed by atoms with Gasteiger partial charge in [-0.3, -0.25) is 0 Å². The minimum atomic E-state index is -2.91. The minimum Gasteiger partial charge on any atom is -0.167 e. The molecule has 1 aromatic carbocycles. The molecule has 16 heavy (non-hydrogen) atoms. The van der Waals surface area contributed by atoms with Crippen molar-refractivity contribution in [2.24, 2.45) is 0 Å². The highest BCUT2D eigenvalue weighted by molar-refractivity contribution is 5.42. The molecule has 0 aliphatic heterocycles. The van der Waals surface area contributed by atoms with E-state index in [1.165, 1.54) is 17.5 Å². The van der Waals surface area contributed by atoms with Crippen molar-refractivity contribution in [2.75, 3.05) is 0 Å². The summed E-state index contributed by atoms with van der Waals surface area (Å²) in [5, 5.41) is 0. The van der Waals surface area contributed by atoms with Gasteiger partial charge in [0.2, 0.25) is 0 Å². The fourth-order valence-electron chi connectivity index (χ4n) is 1.51. The van der Waals surface area contributed by atoms with Crippen molar-refractivity contribution >= 4 is 0 Å². The monoisotopic (exact) mass is 230 g/mol. The van der Waals surface area contributed by atoms with Gasteiger partial charge in [0.1, 0.15) is 0 Å². The second-order valence-corrected chi connectivity index (χ2v) is 3.27. The molecule has 4 heteroatoms. The third-order valence-electron chi connectivity index (χ3n) is 2.32. The molecule has 2 rings (SSSR count). The number of hydrogen-bond donors (Lipinski definition) is 0. The third kappa shape index (κ3) is 2.95. The van der Waals surface area contributed by atoms with Crippen LogP contribution in [0.1, 0.15) is 17.0 Å². The molecule has 1 aliphatic carbocycles. The molecule has 0 N–H and O–H groups in total. The van der Waals surface area contributed by atoms with Crippen LogP contribution in [-0.2, 0) is 6.42 Å². The molecule has 86 valence electrons. The Hall–Kier alpha value is -1.58. The van der Waals surface area contributed by atoms with E-state index in [0.717, 1.165) is 0 Å². The average Bonchev–Trinajstić information content (AvgIpc) is 2.21. The molecular weight excluding hydrogens is 220 g/mol. The van der Waals surface area contributed by atoms with E-state index in [4.69, 9.17) is 0 Å². The van der Waals surface area contributed by atoms with Gasteiger partial charge in [-0.15, -0.1) is 6.58 Å². The van der Waals surface area contributed by atoms with E-state index in [9.17, 15) is 17.6 Å². The quantitative estimate of drug-likeness (QED) is 0.492. The highest BCUT2D eigenvalue weighted by Crippen LogP contribution is 2.34. The number of benzene rings is 1. The van der Waals surface area contributed by atoms with E-state index in [0.29, 0.717) is 5.92 Å². The molecule has 0 nitrogen and oxygen atoms in total. The Labute approximate surface area is 90.9 Å². The molecule has 1 aromatic rings. The van der Waals surface area contributed by atoms with Gasteiger partial charge < -0.3 is 0 Å². The van der Waals surface area contributed by atoms with E-state index in [2.05, 4.69) is 30.8 Å². The van der Waals surface area contributed by atoms with Gasteiger partial charge in [0.25, 0.3) is 0 Å². The van der Waals surface area contributed by atoms with Crippen LogP contribution in [-0.4, -0.2) is 0 Å². The molecular formula is C12H10F4. The summed E-state index contributed by atoms with van der Waals surface area (Å²) in [5.41, 5.74) is 2.96. The van der Waals surface area contributed by atoms with Crippen LogP contribution in [0.25, 0.3) is 0 Å². The number of hydrogen-bond acceptors (Lipinski definition) is 0. The highest BCUT2D eigenvalue weighted by Gasteiger charge is 2.21. The van der Waals surface area contributed by atoms with Crippen molar-refractivity contribution in [3.05, 3.63) is 60.2 Å². The van der Waals surface area contributed by atoms with Crippen molar-refractivity contribution in [3.8, 4) is 0 Å². The molecule has 1 unspecified atom stereocenters. The lowest BCUT2D eigenvalue weighted by Crippen LogP contribution is -2.13. The summed E-state index contributed by atoms with van der Waals surface area (Å²) < 4.78 is 41.1. The first kappa shape index (κ1) is 12.5. The third-order valence-corrected chi connectivity index (χ3v) is 2.32. The normalized spacial score (nSPS) is 16.1. The highest BCUT2D eigenvalue weighted by atomic mass is 19.3. The lowest BCUT2D eigenvalue weighted by atomic mass is 9.78. The fourth-order valence-corrected chi connectivity index (χ4v) is 1.51. The molecule has 0 heterocycles. The molecule has 0 saturated carbocycles. The van der Waals surface area contributed by atoms with Crippen molar-refractivity contribution in [1.29, 1.82) is 0 Å². The van der Waals surface area contributed by atoms with E-state index in [1.807, 2.05) is 6.08 Å². The van der Waals surface area contributed by atoms with Crippen LogP contribution in [0, 0.1) is 0 Å². The first-order chi connectivity index (χ1) is 7.56. The Morgan fingerprint density at radius 3 is 2.12 bits per heavy atom. The standard InChI is InChI=1S/C10H10.C2F4/c1-2-8-7-9-5-3-4-6-10(8)9;3-1(4)2(5)6/h2-6,8H,1,7H2;. The van der Waals surface area contributed by atoms with Gasteiger partial charge >= 0.3 is 12.2 Å². The second-order valence-electron chi connectivity index (χ2n) is 3.27. The van der Waals surface area contributed by atoms with Crippen LogP contribution in [0.4, 0.5) is 17.6 Å². The zero-order valence-corrected chi connectivity index (χ0v) is 8.39. The molecule has 0 fully saturated rings. The van der Waals surface area contributed by atoms with Gasteiger partial charge in [0.15, 0.2) is 0 Å². The molecule has 0 saturated heterocycles. The molecule has 0 aromatic heterocycles. The van der Waals surface area contributed by atoms with Crippen molar-refractivity contribution in [3.63, 3.8) is 0 Å². The molecule has 0 bridgehead atoms. The summed E-state index contributed by atoms with van der Waals surface area (Å²) in [6, 6.07) is 8.56. The summed E-state index contributed by atoms with van der Waals surface area (Å²) >= 11 is 0. The zero-order chi connectivity index (χ0) is 12.1. The van der Waals surface area contributed by atoms with Gasteiger partial charge in [-0.05, 0) is 17.5 Å². The predicted molar refractivity (Wildman–Crippen MR) is 54.5 cm³/mol. The molecule has 0 spiro atoms. The maximum atomic E-state index is 10.3. The van der Waals surface area contributed by atoms with Gasteiger partial charge in [0.05, 0.1) is 0 Å². The number of rotatable bonds is 1. The lowest BCUT2D eigenvalue weighted by molar-refractivity contribution is 0.308. The Balaban J connectivity index is 0.000000187. The Kier molecular flexibility index (Phi) is 4.28. The van der Waals surface area contributed by atoms with Crippen LogP contribution in [0.3, 0.4) is 0 Å². The molecule has 1 atom stereocenters. The summed E-state index contributed by atoms with van der Waals surface area (Å²) in [4.78, 5) is 0. The van der Waals surface area contributed by atoms with Crippen LogP contribution in [0.2, 0.25) is 0 Å². The number of fused-ring (bicyclic) bond motifs is 1. The SMILES string of the molecule is C=CC1Cc2ccccc21.FC(F)=C(F)F. The molecule has 1 aliphatic rings. The molecule has 0 amide bonds. The summed E-state index contributed by atoms with van der Waals surface area (Å²) in [5.74, 6) is 0.635. The number of allylic oxidation sites excluding steroid dienone is 1. The second kappa shape index (κ2) is 5.49. The van der Waals surface area contributed by atoms with E-state index in [-0.39, 0.29) is 0 Å². The summed E-state index contributed by atoms with van der Waals surface area (Å²) in [6.07, 6.45) is -2.59. The van der Waals surface area contributed by atoms with Gasteiger partial charge in [0, 0.05) is 5.92 Å². The zero-order valence-electron chi connectivity index (χ0n) is 8.39. The first-order valence-electron chi connectivity index (χ1n) is 4.63. The van der Waals surface area contributed by atoms with Gasteiger partial charge in [-0.25, -0.2) is 0 Å². The Bertz CT molecular complexity index is 391. The maximum Gasteiger partial charge on any atom is 0.334 e. The fraction of sp³-hybridized carbons (Fsp3) is 0.167. The van der Waals surface area contributed by atoms with Crippen LogP contribution < -0.4 is 0 Å². The van der Waals surface area contributed by atoms with Gasteiger partial charge in [-0.1, -0.05) is 30.3 Å². The van der Waals surface area contributed by atoms with Crippen molar-refractivity contribution < 1.29 is 17.6 Å². The largest absolute Gasteiger partial charge is 0.334 e. The smallest absolute Gasteiger partial charge is 0.167 e. The average molecular weight is 230 g/mol. The van der Waals surface area contributed by atoms with E-state index >= 15 is 0 Å². The van der Waals surface area contributed by atoms with Crippen LogP contribution >= 0.6 is 0 Å². The minimum absolute atomic E-state index is 0.635. The maximum absolute atomic E-state index is 10.3. The Morgan fingerprint density at radius 1 is 1.12 bits per heavy atom.